The monoisotopic (exact) mass is 292 g/mol. The van der Waals surface area contributed by atoms with Gasteiger partial charge in [0.15, 0.2) is 0 Å². The van der Waals surface area contributed by atoms with Gasteiger partial charge in [0.1, 0.15) is 0 Å². The molecule has 0 radical (unpaired) electrons. The van der Waals surface area contributed by atoms with Crippen LogP contribution in [-0.2, 0) is 10.2 Å². The first-order valence-electron chi connectivity index (χ1n) is 6.88. The zero-order valence-corrected chi connectivity index (χ0v) is 13.4. The van der Waals surface area contributed by atoms with Crippen molar-refractivity contribution < 1.29 is 8.42 Å². The zero-order valence-electron chi connectivity index (χ0n) is 12.6. The van der Waals surface area contributed by atoms with Gasteiger partial charge in [0.05, 0.1) is 0 Å². The maximum absolute atomic E-state index is 12.4. The molecular formula is C12H28N4O2S. The van der Waals surface area contributed by atoms with Gasteiger partial charge in [0.25, 0.3) is 10.2 Å². The van der Waals surface area contributed by atoms with Crippen molar-refractivity contribution in [3.05, 3.63) is 0 Å². The molecule has 1 N–H and O–H groups in total. The minimum absolute atomic E-state index is 0.534. The molecule has 0 atom stereocenters. The number of hydrogen-bond acceptors (Lipinski definition) is 4. The molecule has 114 valence electrons. The second-order valence-electron chi connectivity index (χ2n) is 5.53. The standard InChI is InChI=1S/C12H28N4O2S/c1-13-11-12-5-7-16(8-6-12)19(17,18)15(4)10-9-14(2)3/h12-13H,5-11H2,1-4H3. The van der Waals surface area contributed by atoms with E-state index >= 15 is 0 Å². The van der Waals surface area contributed by atoms with Crippen molar-refractivity contribution in [3.8, 4) is 0 Å². The molecule has 0 saturated carbocycles. The third-order valence-electron chi connectivity index (χ3n) is 3.65. The minimum atomic E-state index is -3.28. The fourth-order valence-corrected chi connectivity index (χ4v) is 3.66. The average molecular weight is 292 g/mol. The fraction of sp³-hybridized carbons (Fsp3) is 1.00. The van der Waals surface area contributed by atoms with E-state index in [-0.39, 0.29) is 0 Å². The SMILES string of the molecule is CNCC1CCN(S(=O)(=O)N(C)CCN(C)C)CC1. The molecule has 19 heavy (non-hydrogen) atoms. The van der Waals surface area contributed by atoms with Crippen molar-refractivity contribution in [2.75, 3.05) is 60.9 Å². The molecule has 0 unspecified atom stereocenters. The van der Waals surface area contributed by atoms with E-state index in [1.165, 1.54) is 4.31 Å². The van der Waals surface area contributed by atoms with Gasteiger partial charge in [-0.25, -0.2) is 0 Å². The maximum Gasteiger partial charge on any atom is 0.281 e. The first kappa shape index (κ1) is 16.8. The van der Waals surface area contributed by atoms with Crippen LogP contribution in [0.5, 0.6) is 0 Å². The Morgan fingerprint density at radius 3 is 2.21 bits per heavy atom. The predicted octanol–water partition coefficient (Wildman–Crippen LogP) is -0.344. The van der Waals surface area contributed by atoms with Crippen LogP contribution in [0.3, 0.4) is 0 Å². The highest BCUT2D eigenvalue weighted by Crippen LogP contribution is 2.20. The molecule has 0 aliphatic carbocycles. The van der Waals surface area contributed by atoms with Crippen LogP contribution in [0.15, 0.2) is 0 Å². The lowest BCUT2D eigenvalue weighted by molar-refractivity contribution is 0.253. The smallest absolute Gasteiger partial charge is 0.281 e. The summed E-state index contributed by atoms with van der Waals surface area (Å²) in [6.45, 7) is 3.53. The molecule has 0 spiro atoms. The summed E-state index contributed by atoms with van der Waals surface area (Å²) in [5.41, 5.74) is 0. The summed E-state index contributed by atoms with van der Waals surface area (Å²) in [6.07, 6.45) is 1.89. The fourth-order valence-electron chi connectivity index (χ4n) is 2.29. The summed E-state index contributed by atoms with van der Waals surface area (Å²) >= 11 is 0. The van der Waals surface area contributed by atoms with Crippen molar-refractivity contribution in [3.63, 3.8) is 0 Å². The van der Waals surface area contributed by atoms with Gasteiger partial charge in [-0.3, -0.25) is 0 Å². The maximum atomic E-state index is 12.4. The molecule has 0 aromatic rings. The van der Waals surface area contributed by atoms with Crippen LogP contribution in [-0.4, -0.2) is 82.8 Å². The van der Waals surface area contributed by atoms with Gasteiger partial charge >= 0.3 is 0 Å². The largest absolute Gasteiger partial charge is 0.319 e. The van der Waals surface area contributed by atoms with Gasteiger partial charge in [-0.2, -0.15) is 17.0 Å². The Morgan fingerprint density at radius 1 is 1.16 bits per heavy atom. The van der Waals surface area contributed by atoms with Crippen LogP contribution in [0, 0.1) is 5.92 Å². The number of rotatable bonds is 7. The average Bonchev–Trinajstić information content (AvgIpc) is 2.36. The van der Waals surface area contributed by atoms with Gasteiger partial charge in [-0.05, 0) is 46.4 Å². The minimum Gasteiger partial charge on any atom is -0.319 e. The van der Waals surface area contributed by atoms with Crippen LogP contribution < -0.4 is 5.32 Å². The Bertz CT molecular complexity index is 351. The molecule has 1 fully saturated rings. The van der Waals surface area contributed by atoms with Gasteiger partial charge in [0.2, 0.25) is 0 Å². The Balaban J connectivity index is 2.50. The van der Waals surface area contributed by atoms with Crippen LogP contribution in [0.1, 0.15) is 12.8 Å². The molecule has 0 aromatic heterocycles. The summed E-state index contributed by atoms with van der Waals surface area (Å²) in [6, 6.07) is 0. The van der Waals surface area contributed by atoms with Crippen LogP contribution in [0.25, 0.3) is 0 Å². The van der Waals surface area contributed by atoms with E-state index in [4.69, 9.17) is 0 Å². The number of likely N-dealkylation sites (N-methyl/N-ethyl adjacent to an activating group) is 2. The van der Waals surface area contributed by atoms with Crippen LogP contribution in [0.2, 0.25) is 0 Å². The van der Waals surface area contributed by atoms with E-state index in [1.807, 2.05) is 26.0 Å². The number of piperidine rings is 1. The lowest BCUT2D eigenvalue weighted by Gasteiger charge is -2.34. The van der Waals surface area contributed by atoms with Gasteiger partial charge in [0, 0.05) is 33.2 Å². The Kier molecular flexibility index (Phi) is 6.68. The predicted molar refractivity (Wildman–Crippen MR) is 78.3 cm³/mol. The Morgan fingerprint density at radius 2 is 1.74 bits per heavy atom. The topological polar surface area (TPSA) is 55.9 Å². The molecular weight excluding hydrogens is 264 g/mol. The van der Waals surface area contributed by atoms with Gasteiger partial charge in [-0.15, -0.1) is 0 Å². The quantitative estimate of drug-likeness (QED) is 0.697. The lowest BCUT2D eigenvalue weighted by Crippen LogP contribution is -2.47. The molecule has 1 aliphatic rings. The lowest BCUT2D eigenvalue weighted by atomic mass is 9.98. The third-order valence-corrected chi connectivity index (χ3v) is 5.64. The summed E-state index contributed by atoms with van der Waals surface area (Å²) in [5, 5.41) is 3.16. The molecule has 0 aromatic carbocycles. The number of nitrogens with one attached hydrogen (secondary N) is 1. The van der Waals surface area contributed by atoms with Crippen LogP contribution in [0.4, 0.5) is 0 Å². The number of nitrogens with zero attached hydrogens (tertiary/aromatic N) is 3. The first-order valence-corrected chi connectivity index (χ1v) is 8.28. The first-order chi connectivity index (χ1) is 8.87. The van der Waals surface area contributed by atoms with Gasteiger partial charge < -0.3 is 10.2 Å². The highest BCUT2D eigenvalue weighted by molar-refractivity contribution is 7.86. The van der Waals surface area contributed by atoms with Gasteiger partial charge in [-0.1, -0.05) is 0 Å². The van der Waals surface area contributed by atoms with E-state index in [0.717, 1.165) is 25.9 Å². The third kappa shape index (κ3) is 5.00. The molecule has 6 nitrogen and oxygen atoms in total. The highest BCUT2D eigenvalue weighted by Gasteiger charge is 2.30. The van der Waals surface area contributed by atoms with Crippen molar-refractivity contribution in [1.29, 1.82) is 0 Å². The van der Waals surface area contributed by atoms with Crippen molar-refractivity contribution in [2.24, 2.45) is 5.92 Å². The van der Waals surface area contributed by atoms with E-state index in [0.29, 0.717) is 25.6 Å². The Labute approximate surface area is 117 Å². The van der Waals surface area contributed by atoms with Crippen molar-refractivity contribution in [1.82, 2.24) is 18.8 Å². The summed E-state index contributed by atoms with van der Waals surface area (Å²) in [7, 11) is 4.23. The second-order valence-corrected chi connectivity index (χ2v) is 7.57. The van der Waals surface area contributed by atoms with Crippen molar-refractivity contribution >= 4 is 10.2 Å². The van der Waals surface area contributed by atoms with E-state index < -0.39 is 10.2 Å². The normalized spacial score (nSPS) is 19.5. The zero-order chi connectivity index (χ0) is 14.5. The Hall–Kier alpha value is -0.210. The molecule has 0 amide bonds. The van der Waals surface area contributed by atoms with E-state index in [9.17, 15) is 8.42 Å². The van der Waals surface area contributed by atoms with Crippen molar-refractivity contribution in [2.45, 2.75) is 12.8 Å². The second kappa shape index (κ2) is 7.54. The summed E-state index contributed by atoms with van der Waals surface area (Å²) < 4.78 is 27.8. The van der Waals surface area contributed by atoms with E-state index in [2.05, 4.69) is 5.32 Å². The molecule has 7 heteroatoms. The molecule has 1 heterocycles. The molecule has 1 aliphatic heterocycles. The summed E-state index contributed by atoms with van der Waals surface area (Å²) in [4.78, 5) is 1.99. The van der Waals surface area contributed by atoms with E-state index in [1.54, 1.807) is 11.4 Å². The molecule has 0 bridgehead atoms. The molecule has 1 rings (SSSR count). The van der Waals surface area contributed by atoms with Crippen LogP contribution >= 0.6 is 0 Å². The highest BCUT2D eigenvalue weighted by atomic mass is 32.2. The number of hydrogen-bond donors (Lipinski definition) is 1. The molecule has 1 saturated heterocycles. The summed E-state index contributed by atoms with van der Waals surface area (Å²) in [5.74, 6) is 0.600.